The second-order valence-corrected chi connectivity index (χ2v) is 5.44. The summed E-state index contributed by atoms with van der Waals surface area (Å²) < 4.78 is 5.21. The Morgan fingerprint density at radius 2 is 2.00 bits per heavy atom. The fraction of sp³-hybridized carbons (Fsp3) is 0.467. The Labute approximate surface area is 114 Å². The Kier molecular flexibility index (Phi) is 4.70. The van der Waals surface area contributed by atoms with Crippen molar-refractivity contribution in [3.05, 3.63) is 36.5 Å². The quantitative estimate of drug-likeness (QED) is 0.851. The number of carbonyl (C=O) groups is 2. The Morgan fingerprint density at radius 1 is 1.37 bits per heavy atom. The summed E-state index contributed by atoms with van der Waals surface area (Å²) in [5.41, 5.74) is 0.688. The number of allylic oxidation sites excluding steroid dienone is 2. The van der Waals surface area contributed by atoms with E-state index in [2.05, 4.69) is 18.5 Å². The van der Waals surface area contributed by atoms with Gasteiger partial charge in [-0.05, 0) is 32.8 Å². The van der Waals surface area contributed by atoms with E-state index >= 15 is 0 Å². The van der Waals surface area contributed by atoms with Gasteiger partial charge in [0.1, 0.15) is 5.60 Å². The molecule has 19 heavy (non-hydrogen) atoms. The fourth-order valence-electron chi connectivity index (χ4n) is 2.00. The first-order valence-corrected chi connectivity index (χ1v) is 6.30. The number of ketones is 1. The predicted octanol–water partition coefficient (Wildman–Crippen LogP) is 2.91. The van der Waals surface area contributed by atoms with Gasteiger partial charge in [-0.2, -0.15) is 0 Å². The highest BCUT2D eigenvalue weighted by Crippen LogP contribution is 2.24. The van der Waals surface area contributed by atoms with Gasteiger partial charge in [0.05, 0.1) is 6.04 Å². The van der Waals surface area contributed by atoms with Gasteiger partial charge < -0.3 is 10.1 Å². The highest BCUT2D eigenvalue weighted by Gasteiger charge is 2.27. The van der Waals surface area contributed by atoms with Crippen LogP contribution in [0.4, 0.5) is 4.79 Å². The third-order valence-corrected chi connectivity index (χ3v) is 2.76. The van der Waals surface area contributed by atoms with Crippen molar-refractivity contribution >= 4 is 11.9 Å². The second-order valence-electron chi connectivity index (χ2n) is 5.44. The first-order valence-electron chi connectivity index (χ1n) is 6.30. The molecule has 0 heterocycles. The van der Waals surface area contributed by atoms with E-state index < -0.39 is 11.7 Å². The standard InChI is InChI=1S/C15H21NO3/c1-6-10-11(7-2)13(17)9-8-12(10)16-14(18)19-15(3,4)5/h6-7,12H,1-2,8-9H2,3-5H3,(H,16,18). The number of amides is 1. The average Bonchev–Trinajstić information content (AvgIpc) is 2.28. The Balaban J connectivity index is 2.86. The van der Waals surface area contributed by atoms with Crippen LogP contribution in [-0.2, 0) is 9.53 Å². The van der Waals surface area contributed by atoms with Crippen molar-refractivity contribution in [1.29, 1.82) is 0 Å². The van der Waals surface area contributed by atoms with E-state index in [-0.39, 0.29) is 11.8 Å². The summed E-state index contributed by atoms with van der Waals surface area (Å²) in [7, 11) is 0. The zero-order chi connectivity index (χ0) is 14.6. The smallest absolute Gasteiger partial charge is 0.408 e. The summed E-state index contributed by atoms with van der Waals surface area (Å²) in [5, 5.41) is 2.77. The van der Waals surface area contributed by atoms with E-state index in [0.29, 0.717) is 24.0 Å². The van der Waals surface area contributed by atoms with Crippen LogP contribution in [0.25, 0.3) is 0 Å². The molecule has 0 aliphatic heterocycles. The highest BCUT2D eigenvalue weighted by atomic mass is 16.6. The van der Waals surface area contributed by atoms with Crippen molar-refractivity contribution in [2.24, 2.45) is 0 Å². The molecule has 0 saturated heterocycles. The summed E-state index contributed by atoms with van der Waals surface area (Å²) in [5.74, 6) is 0.0344. The first-order chi connectivity index (χ1) is 8.78. The molecule has 1 amide bonds. The number of rotatable bonds is 3. The van der Waals surface area contributed by atoms with Crippen molar-refractivity contribution in [1.82, 2.24) is 5.32 Å². The van der Waals surface area contributed by atoms with Crippen molar-refractivity contribution in [3.8, 4) is 0 Å². The molecule has 0 saturated carbocycles. The van der Waals surface area contributed by atoms with Gasteiger partial charge in [0, 0.05) is 12.0 Å². The molecule has 0 aromatic heterocycles. The Morgan fingerprint density at radius 3 is 2.47 bits per heavy atom. The Hall–Kier alpha value is -1.84. The predicted molar refractivity (Wildman–Crippen MR) is 74.8 cm³/mol. The van der Waals surface area contributed by atoms with Gasteiger partial charge in [0.2, 0.25) is 0 Å². The van der Waals surface area contributed by atoms with Crippen molar-refractivity contribution in [2.75, 3.05) is 0 Å². The van der Waals surface area contributed by atoms with E-state index in [1.54, 1.807) is 26.8 Å². The number of hydrogen-bond donors (Lipinski definition) is 1. The molecule has 1 aliphatic carbocycles. The normalized spacial score (nSPS) is 19.9. The molecular weight excluding hydrogens is 242 g/mol. The third-order valence-electron chi connectivity index (χ3n) is 2.76. The van der Waals surface area contributed by atoms with E-state index in [9.17, 15) is 9.59 Å². The molecule has 1 N–H and O–H groups in total. The van der Waals surface area contributed by atoms with Crippen LogP contribution < -0.4 is 5.32 Å². The number of hydrogen-bond acceptors (Lipinski definition) is 3. The topological polar surface area (TPSA) is 55.4 Å². The summed E-state index contributed by atoms with van der Waals surface area (Å²) >= 11 is 0. The second kappa shape index (κ2) is 5.87. The fourth-order valence-corrected chi connectivity index (χ4v) is 2.00. The van der Waals surface area contributed by atoms with E-state index in [1.165, 1.54) is 6.08 Å². The molecule has 0 aromatic rings. The minimum absolute atomic E-state index is 0.0344. The van der Waals surface area contributed by atoms with E-state index in [1.807, 2.05) is 0 Å². The van der Waals surface area contributed by atoms with E-state index in [4.69, 9.17) is 4.74 Å². The molecule has 0 bridgehead atoms. The lowest BCUT2D eigenvalue weighted by molar-refractivity contribution is -0.115. The molecular formula is C15H21NO3. The van der Waals surface area contributed by atoms with Crippen molar-refractivity contribution in [2.45, 2.75) is 45.3 Å². The van der Waals surface area contributed by atoms with Gasteiger partial charge in [-0.1, -0.05) is 25.3 Å². The maximum Gasteiger partial charge on any atom is 0.408 e. The molecule has 1 aliphatic rings. The van der Waals surface area contributed by atoms with Gasteiger partial charge in [0.25, 0.3) is 0 Å². The van der Waals surface area contributed by atoms with Crippen LogP contribution in [-0.4, -0.2) is 23.5 Å². The molecule has 1 rings (SSSR count). The Bertz CT molecular complexity index is 441. The van der Waals surface area contributed by atoms with Gasteiger partial charge in [0.15, 0.2) is 5.78 Å². The van der Waals surface area contributed by atoms with Crippen molar-refractivity contribution < 1.29 is 14.3 Å². The molecule has 4 heteroatoms. The molecule has 104 valence electrons. The number of Topliss-reactive ketones (excluding diaryl/α,β-unsaturated/α-hetero) is 1. The number of nitrogens with one attached hydrogen (secondary N) is 1. The number of carbonyl (C=O) groups excluding carboxylic acids is 2. The lowest BCUT2D eigenvalue weighted by Crippen LogP contribution is -2.42. The van der Waals surface area contributed by atoms with Crippen LogP contribution >= 0.6 is 0 Å². The van der Waals surface area contributed by atoms with Gasteiger partial charge in [-0.3, -0.25) is 4.79 Å². The molecule has 4 nitrogen and oxygen atoms in total. The largest absolute Gasteiger partial charge is 0.444 e. The van der Waals surface area contributed by atoms with E-state index in [0.717, 1.165) is 0 Å². The zero-order valence-corrected chi connectivity index (χ0v) is 11.8. The third kappa shape index (κ3) is 4.09. The van der Waals surface area contributed by atoms with Crippen molar-refractivity contribution in [3.63, 3.8) is 0 Å². The van der Waals surface area contributed by atoms with Gasteiger partial charge in [-0.15, -0.1) is 0 Å². The van der Waals surface area contributed by atoms with Crippen LogP contribution in [0, 0.1) is 0 Å². The zero-order valence-electron chi connectivity index (χ0n) is 11.8. The summed E-state index contributed by atoms with van der Waals surface area (Å²) in [6.07, 6.45) is 3.56. The highest BCUT2D eigenvalue weighted by molar-refractivity contribution is 6.00. The summed E-state index contributed by atoms with van der Waals surface area (Å²) in [6, 6.07) is -0.252. The molecule has 0 radical (unpaired) electrons. The summed E-state index contributed by atoms with van der Waals surface area (Å²) in [6.45, 7) is 12.7. The molecule has 1 atom stereocenters. The van der Waals surface area contributed by atoms with Crippen LogP contribution in [0.2, 0.25) is 0 Å². The molecule has 1 unspecified atom stereocenters. The summed E-state index contributed by atoms with van der Waals surface area (Å²) in [4.78, 5) is 23.5. The minimum atomic E-state index is -0.548. The number of alkyl carbamates (subject to hydrolysis) is 1. The van der Waals surface area contributed by atoms with Crippen LogP contribution in [0.5, 0.6) is 0 Å². The maximum absolute atomic E-state index is 11.8. The van der Waals surface area contributed by atoms with Crippen LogP contribution in [0.15, 0.2) is 36.5 Å². The molecule has 0 aromatic carbocycles. The maximum atomic E-state index is 11.8. The first kappa shape index (κ1) is 15.2. The lowest BCUT2D eigenvalue weighted by atomic mass is 9.86. The minimum Gasteiger partial charge on any atom is -0.444 e. The molecule has 0 spiro atoms. The van der Waals surface area contributed by atoms with Crippen LogP contribution in [0.1, 0.15) is 33.6 Å². The number of ether oxygens (including phenoxy) is 1. The monoisotopic (exact) mass is 263 g/mol. The lowest BCUT2D eigenvalue weighted by Gasteiger charge is -2.27. The van der Waals surface area contributed by atoms with Gasteiger partial charge >= 0.3 is 6.09 Å². The average molecular weight is 263 g/mol. The SMILES string of the molecule is C=CC1=C(C=C)C(NC(=O)OC(C)(C)C)CCC1=O. The molecule has 0 fully saturated rings. The van der Waals surface area contributed by atoms with Gasteiger partial charge in [-0.25, -0.2) is 4.79 Å². The van der Waals surface area contributed by atoms with Crippen LogP contribution in [0.3, 0.4) is 0 Å².